The van der Waals surface area contributed by atoms with Crippen molar-refractivity contribution >= 4 is 33.2 Å². The van der Waals surface area contributed by atoms with Crippen LogP contribution >= 0.6 is 23.2 Å². The first-order valence-corrected chi connectivity index (χ1v) is 7.58. The van der Waals surface area contributed by atoms with Crippen molar-refractivity contribution < 1.29 is 8.42 Å². The minimum atomic E-state index is -3.52. The highest BCUT2D eigenvalue weighted by molar-refractivity contribution is 7.89. The molecular formula is C11H15Cl2NO2S. The number of hydrogen-bond donors (Lipinski definition) is 0. The monoisotopic (exact) mass is 295 g/mol. The summed E-state index contributed by atoms with van der Waals surface area (Å²) in [5.41, 5.74) is 0. The summed E-state index contributed by atoms with van der Waals surface area (Å²) in [5.74, 6) is 0.262. The van der Waals surface area contributed by atoms with E-state index in [0.29, 0.717) is 5.02 Å². The Bertz CT molecular complexity index is 474. The van der Waals surface area contributed by atoms with Crippen LogP contribution in [-0.2, 0) is 10.0 Å². The molecule has 0 saturated heterocycles. The van der Waals surface area contributed by atoms with Crippen LogP contribution in [-0.4, -0.2) is 31.2 Å². The molecule has 0 spiro atoms. The predicted molar refractivity (Wildman–Crippen MR) is 71.2 cm³/mol. The van der Waals surface area contributed by atoms with Gasteiger partial charge in [0.05, 0.1) is 4.90 Å². The van der Waals surface area contributed by atoms with Crippen LogP contribution in [0.5, 0.6) is 0 Å². The van der Waals surface area contributed by atoms with Gasteiger partial charge >= 0.3 is 0 Å². The lowest BCUT2D eigenvalue weighted by Crippen LogP contribution is -2.38. The van der Waals surface area contributed by atoms with E-state index in [1.807, 2.05) is 13.8 Å². The lowest BCUT2D eigenvalue weighted by atomic mass is 10.4. The number of hydrogen-bond acceptors (Lipinski definition) is 2. The van der Waals surface area contributed by atoms with Gasteiger partial charge in [0.1, 0.15) is 0 Å². The lowest BCUT2D eigenvalue weighted by Gasteiger charge is -2.25. The highest BCUT2D eigenvalue weighted by Gasteiger charge is 2.26. The molecule has 96 valence electrons. The molecule has 0 amide bonds. The zero-order valence-electron chi connectivity index (χ0n) is 9.73. The van der Waals surface area contributed by atoms with Gasteiger partial charge in [0.25, 0.3) is 0 Å². The molecule has 0 atom stereocenters. The van der Waals surface area contributed by atoms with E-state index in [1.165, 1.54) is 16.4 Å². The predicted octanol–water partition coefficient (Wildman–Crippen LogP) is 2.98. The van der Waals surface area contributed by atoms with Crippen molar-refractivity contribution in [2.45, 2.75) is 24.8 Å². The molecule has 0 fully saturated rings. The third-order valence-electron chi connectivity index (χ3n) is 2.28. The number of alkyl halides is 1. The van der Waals surface area contributed by atoms with Gasteiger partial charge in [-0.1, -0.05) is 17.7 Å². The Morgan fingerprint density at radius 3 is 2.47 bits per heavy atom. The molecule has 0 aliphatic carbocycles. The Morgan fingerprint density at radius 2 is 2.00 bits per heavy atom. The standard InChI is InChI=1S/C11H15Cl2NO2S/c1-9(2)14(7-6-12)17(15,16)11-5-3-4-10(13)8-11/h3-5,8-9H,6-7H2,1-2H3. The van der Waals surface area contributed by atoms with Crippen LogP contribution in [0.1, 0.15) is 13.8 Å². The Morgan fingerprint density at radius 1 is 1.35 bits per heavy atom. The maximum Gasteiger partial charge on any atom is 0.243 e. The molecule has 0 heterocycles. The van der Waals surface area contributed by atoms with Crippen molar-refractivity contribution in [1.29, 1.82) is 0 Å². The molecule has 1 aromatic rings. The summed E-state index contributed by atoms with van der Waals surface area (Å²) in [5, 5.41) is 0.403. The third-order valence-corrected chi connectivity index (χ3v) is 4.76. The molecule has 0 bridgehead atoms. The van der Waals surface area contributed by atoms with E-state index in [9.17, 15) is 8.42 Å². The molecule has 0 aromatic heterocycles. The van der Waals surface area contributed by atoms with Crippen LogP contribution in [0.2, 0.25) is 5.02 Å². The molecule has 0 unspecified atom stereocenters. The molecule has 1 rings (SSSR count). The number of nitrogens with zero attached hydrogens (tertiary/aromatic N) is 1. The van der Waals surface area contributed by atoms with Gasteiger partial charge in [-0.05, 0) is 32.0 Å². The third kappa shape index (κ3) is 3.58. The lowest BCUT2D eigenvalue weighted by molar-refractivity contribution is 0.370. The molecule has 17 heavy (non-hydrogen) atoms. The van der Waals surface area contributed by atoms with Gasteiger partial charge in [-0.15, -0.1) is 11.6 Å². The summed E-state index contributed by atoms with van der Waals surface area (Å²) in [7, 11) is -3.52. The van der Waals surface area contributed by atoms with Crippen molar-refractivity contribution in [3.05, 3.63) is 29.3 Å². The molecule has 0 saturated carbocycles. The van der Waals surface area contributed by atoms with Crippen LogP contribution in [0, 0.1) is 0 Å². The number of halogens is 2. The molecule has 0 aliphatic rings. The van der Waals surface area contributed by atoms with Gasteiger partial charge in [-0.25, -0.2) is 8.42 Å². The van der Waals surface area contributed by atoms with Crippen LogP contribution in [0.25, 0.3) is 0 Å². The maximum atomic E-state index is 12.3. The smallest absolute Gasteiger partial charge is 0.207 e. The van der Waals surface area contributed by atoms with Gasteiger partial charge in [0, 0.05) is 23.5 Å². The fourth-order valence-electron chi connectivity index (χ4n) is 1.50. The summed E-state index contributed by atoms with van der Waals surface area (Å²) in [4.78, 5) is 0.198. The van der Waals surface area contributed by atoms with Crippen molar-refractivity contribution in [2.75, 3.05) is 12.4 Å². The molecule has 0 radical (unpaired) electrons. The first kappa shape index (κ1) is 14.8. The van der Waals surface area contributed by atoms with Crippen LogP contribution in [0.15, 0.2) is 29.2 Å². The fourth-order valence-corrected chi connectivity index (χ4v) is 3.72. The topological polar surface area (TPSA) is 37.4 Å². The van der Waals surface area contributed by atoms with Gasteiger partial charge in [-0.2, -0.15) is 4.31 Å². The number of sulfonamides is 1. The minimum absolute atomic E-state index is 0.141. The van der Waals surface area contributed by atoms with Crippen LogP contribution in [0.3, 0.4) is 0 Å². The first-order valence-electron chi connectivity index (χ1n) is 5.23. The highest BCUT2D eigenvalue weighted by atomic mass is 35.5. The number of benzene rings is 1. The summed E-state index contributed by atoms with van der Waals surface area (Å²) in [6.07, 6.45) is 0. The quantitative estimate of drug-likeness (QED) is 0.783. The van der Waals surface area contributed by atoms with Gasteiger partial charge in [0.15, 0.2) is 0 Å². The normalized spacial score (nSPS) is 12.4. The van der Waals surface area contributed by atoms with E-state index in [4.69, 9.17) is 23.2 Å². The van der Waals surface area contributed by atoms with E-state index in [1.54, 1.807) is 12.1 Å². The van der Waals surface area contributed by atoms with Gasteiger partial charge < -0.3 is 0 Å². The minimum Gasteiger partial charge on any atom is -0.207 e. The first-order chi connectivity index (χ1) is 7.89. The van der Waals surface area contributed by atoms with E-state index in [0.717, 1.165) is 0 Å². The Labute approximate surface area is 112 Å². The fraction of sp³-hybridized carbons (Fsp3) is 0.455. The molecular weight excluding hydrogens is 281 g/mol. The Kier molecular flexibility index (Phi) is 5.25. The molecule has 6 heteroatoms. The van der Waals surface area contributed by atoms with Crippen LogP contribution in [0.4, 0.5) is 0 Å². The SMILES string of the molecule is CC(C)N(CCCl)S(=O)(=O)c1cccc(Cl)c1. The summed E-state index contributed by atoms with van der Waals surface area (Å²) in [6.45, 7) is 3.91. The van der Waals surface area contributed by atoms with Gasteiger partial charge in [0.2, 0.25) is 10.0 Å². The van der Waals surface area contributed by atoms with Crippen molar-refractivity contribution in [3.8, 4) is 0 Å². The molecule has 0 N–H and O–H groups in total. The molecule has 0 aliphatic heterocycles. The van der Waals surface area contributed by atoms with E-state index < -0.39 is 10.0 Å². The zero-order valence-corrected chi connectivity index (χ0v) is 12.1. The van der Waals surface area contributed by atoms with E-state index >= 15 is 0 Å². The van der Waals surface area contributed by atoms with E-state index in [-0.39, 0.29) is 23.4 Å². The summed E-state index contributed by atoms with van der Waals surface area (Å²) >= 11 is 11.4. The summed E-state index contributed by atoms with van der Waals surface area (Å²) in [6, 6.07) is 6.10. The largest absolute Gasteiger partial charge is 0.243 e. The maximum absolute atomic E-state index is 12.3. The Hall–Kier alpha value is -0.290. The Balaban J connectivity index is 3.16. The van der Waals surface area contributed by atoms with E-state index in [2.05, 4.69) is 0 Å². The van der Waals surface area contributed by atoms with Crippen molar-refractivity contribution in [3.63, 3.8) is 0 Å². The van der Waals surface area contributed by atoms with Crippen LogP contribution < -0.4 is 0 Å². The molecule has 3 nitrogen and oxygen atoms in total. The zero-order chi connectivity index (χ0) is 13.1. The van der Waals surface area contributed by atoms with Crippen molar-refractivity contribution in [2.24, 2.45) is 0 Å². The average molecular weight is 296 g/mol. The van der Waals surface area contributed by atoms with Crippen molar-refractivity contribution in [1.82, 2.24) is 4.31 Å². The average Bonchev–Trinajstić information content (AvgIpc) is 2.25. The second-order valence-electron chi connectivity index (χ2n) is 3.86. The van der Waals surface area contributed by atoms with Gasteiger partial charge in [-0.3, -0.25) is 0 Å². The molecule has 1 aromatic carbocycles. The highest BCUT2D eigenvalue weighted by Crippen LogP contribution is 2.21. The number of rotatable bonds is 5. The second kappa shape index (κ2) is 6.05. The second-order valence-corrected chi connectivity index (χ2v) is 6.56. The summed E-state index contributed by atoms with van der Waals surface area (Å²) < 4.78 is 26.0.